The van der Waals surface area contributed by atoms with Gasteiger partial charge in [0.25, 0.3) is 0 Å². The third-order valence-corrected chi connectivity index (χ3v) is 3.26. The van der Waals surface area contributed by atoms with Crippen LogP contribution in [0, 0.1) is 4.77 Å². The molecule has 0 bridgehead atoms. The second-order valence-electron chi connectivity index (χ2n) is 3.55. The molecule has 0 atom stereocenters. The molecule has 2 rings (SSSR count). The Kier molecular flexibility index (Phi) is 4.27. The second-order valence-corrected chi connectivity index (χ2v) is 4.78. The number of hydrogen-bond donors (Lipinski definition) is 1. The molecule has 0 spiro atoms. The highest BCUT2D eigenvalue weighted by Gasteiger charge is 2.07. The van der Waals surface area contributed by atoms with E-state index in [1.165, 1.54) is 0 Å². The molecule has 1 aromatic carbocycles. The van der Waals surface area contributed by atoms with Crippen LogP contribution in [0.3, 0.4) is 0 Å². The second kappa shape index (κ2) is 5.73. The molecule has 0 aliphatic heterocycles. The van der Waals surface area contributed by atoms with Crippen LogP contribution in [0.4, 0.5) is 0 Å². The van der Waals surface area contributed by atoms with Crippen molar-refractivity contribution in [1.82, 2.24) is 14.8 Å². The molecule has 0 amide bonds. The van der Waals surface area contributed by atoms with Crippen molar-refractivity contribution in [1.29, 1.82) is 0 Å². The summed E-state index contributed by atoms with van der Waals surface area (Å²) in [7, 11) is 0. The molecule has 7 heteroatoms. The van der Waals surface area contributed by atoms with E-state index >= 15 is 0 Å². The van der Waals surface area contributed by atoms with Gasteiger partial charge in [-0.15, -0.1) is 0 Å². The first-order chi connectivity index (χ1) is 8.61. The van der Waals surface area contributed by atoms with Crippen LogP contribution in [0.1, 0.15) is 12.7 Å². The lowest BCUT2D eigenvalue weighted by molar-refractivity contribution is 0.289. The van der Waals surface area contributed by atoms with Crippen molar-refractivity contribution in [2.45, 2.75) is 20.1 Å². The number of nitrogens with zero attached hydrogens (tertiary/aromatic N) is 2. The van der Waals surface area contributed by atoms with E-state index in [1.54, 1.807) is 18.2 Å². The summed E-state index contributed by atoms with van der Waals surface area (Å²) in [6, 6.07) is 5.07. The van der Waals surface area contributed by atoms with Crippen molar-refractivity contribution in [3.05, 3.63) is 38.8 Å². The molecular formula is C11H11Cl2N3OS. The molecule has 0 aliphatic rings. The van der Waals surface area contributed by atoms with Gasteiger partial charge in [0.15, 0.2) is 10.6 Å². The topological polar surface area (TPSA) is 42.8 Å². The van der Waals surface area contributed by atoms with Crippen LogP contribution in [-0.2, 0) is 13.2 Å². The first kappa shape index (κ1) is 13.4. The van der Waals surface area contributed by atoms with Crippen molar-refractivity contribution >= 4 is 35.4 Å². The predicted molar refractivity (Wildman–Crippen MR) is 73.9 cm³/mol. The van der Waals surface area contributed by atoms with Crippen molar-refractivity contribution in [2.75, 3.05) is 0 Å². The molecule has 1 heterocycles. The Bertz CT molecular complexity index is 609. The Labute approximate surface area is 119 Å². The van der Waals surface area contributed by atoms with Gasteiger partial charge in [0.2, 0.25) is 0 Å². The average molecular weight is 304 g/mol. The smallest absolute Gasteiger partial charge is 0.195 e. The molecule has 2 aromatic rings. The standard InChI is InChI=1S/C11H11Cl2N3OS/c1-2-16-10(14-15-11(16)18)6-17-9-5-7(12)3-4-8(9)13/h3-5H,2,6H2,1H3,(H,15,18). The van der Waals surface area contributed by atoms with E-state index in [0.29, 0.717) is 20.6 Å². The summed E-state index contributed by atoms with van der Waals surface area (Å²) in [5.41, 5.74) is 0. The van der Waals surface area contributed by atoms with Gasteiger partial charge >= 0.3 is 0 Å². The zero-order valence-corrected chi connectivity index (χ0v) is 11.9. The van der Waals surface area contributed by atoms with Crippen molar-refractivity contribution < 1.29 is 4.74 Å². The molecule has 0 unspecified atom stereocenters. The number of ether oxygens (including phenoxy) is 1. The fraction of sp³-hybridized carbons (Fsp3) is 0.273. The van der Waals surface area contributed by atoms with Crippen LogP contribution in [-0.4, -0.2) is 14.8 Å². The normalized spacial score (nSPS) is 10.6. The number of H-pyrrole nitrogens is 1. The monoisotopic (exact) mass is 303 g/mol. The lowest BCUT2D eigenvalue weighted by Gasteiger charge is -2.08. The molecule has 1 aromatic heterocycles. The number of benzene rings is 1. The summed E-state index contributed by atoms with van der Waals surface area (Å²) in [5.74, 6) is 1.25. The summed E-state index contributed by atoms with van der Waals surface area (Å²) < 4.78 is 8.03. The molecule has 96 valence electrons. The number of hydrogen-bond acceptors (Lipinski definition) is 3. The van der Waals surface area contributed by atoms with Gasteiger partial charge in [-0.3, -0.25) is 5.10 Å². The summed E-state index contributed by atoms with van der Waals surface area (Å²) in [4.78, 5) is 0. The van der Waals surface area contributed by atoms with Crippen molar-refractivity contribution in [3.63, 3.8) is 0 Å². The van der Waals surface area contributed by atoms with Crippen LogP contribution in [0.25, 0.3) is 0 Å². The lowest BCUT2D eigenvalue weighted by atomic mass is 10.3. The van der Waals surface area contributed by atoms with Crippen LogP contribution in [0.15, 0.2) is 18.2 Å². The maximum Gasteiger partial charge on any atom is 0.195 e. The van der Waals surface area contributed by atoms with Gasteiger partial charge in [0.1, 0.15) is 12.4 Å². The number of aromatic nitrogens is 3. The van der Waals surface area contributed by atoms with Gasteiger partial charge in [-0.2, -0.15) is 5.10 Å². The fourth-order valence-corrected chi connectivity index (χ4v) is 2.13. The summed E-state index contributed by atoms with van der Waals surface area (Å²) >= 11 is 17.0. The number of nitrogens with one attached hydrogen (secondary N) is 1. The maximum absolute atomic E-state index is 6.00. The van der Waals surface area contributed by atoms with Crippen LogP contribution in [0.5, 0.6) is 5.75 Å². The molecule has 0 aliphatic carbocycles. The van der Waals surface area contributed by atoms with Gasteiger partial charge in [0.05, 0.1) is 5.02 Å². The molecule has 0 fully saturated rings. The minimum atomic E-state index is 0.279. The quantitative estimate of drug-likeness (QED) is 0.873. The Morgan fingerprint density at radius 1 is 1.44 bits per heavy atom. The summed E-state index contributed by atoms with van der Waals surface area (Å²) in [6.45, 7) is 3.00. The molecule has 0 saturated heterocycles. The van der Waals surface area contributed by atoms with E-state index in [-0.39, 0.29) is 6.61 Å². The van der Waals surface area contributed by atoms with Crippen molar-refractivity contribution in [3.8, 4) is 5.75 Å². The maximum atomic E-state index is 6.00. The van der Waals surface area contributed by atoms with Gasteiger partial charge in [0, 0.05) is 17.6 Å². The number of aromatic amines is 1. The summed E-state index contributed by atoms with van der Waals surface area (Å²) in [6.07, 6.45) is 0. The van der Waals surface area contributed by atoms with E-state index < -0.39 is 0 Å². The lowest BCUT2D eigenvalue weighted by Crippen LogP contribution is -2.06. The Hall–Kier alpha value is -1.04. The molecule has 4 nitrogen and oxygen atoms in total. The highest BCUT2D eigenvalue weighted by atomic mass is 35.5. The van der Waals surface area contributed by atoms with Crippen molar-refractivity contribution in [2.24, 2.45) is 0 Å². The minimum absolute atomic E-state index is 0.279. The zero-order chi connectivity index (χ0) is 13.1. The third-order valence-electron chi connectivity index (χ3n) is 2.40. The van der Waals surface area contributed by atoms with Crippen LogP contribution >= 0.6 is 35.4 Å². The van der Waals surface area contributed by atoms with Gasteiger partial charge < -0.3 is 9.30 Å². The third kappa shape index (κ3) is 2.85. The van der Waals surface area contributed by atoms with E-state index in [9.17, 15) is 0 Å². The first-order valence-corrected chi connectivity index (χ1v) is 6.50. The van der Waals surface area contributed by atoms with E-state index in [1.807, 2.05) is 11.5 Å². The molecule has 1 N–H and O–H groups in total. The average Bonchev–Trinajstić information content (AvgIpc) is 2.71. The number of halogens is 2. The molecular weight excluding hydrogens is 293 g/mol. The zero-order valence-electron chi connectivity index (χ0n) is 9.61. The summed E-state index contributed by atoms with van der Waals surface area (Å²) in [5, 5.41) is 7.91. The molecule has 0 radical (unpaired) electrons. The molecule has 0 saturated carbocycles. The highest BCUT2D eigenvalue weighted by molar-refractivity contribution is 7.71. The molecule has 18 heavy (non-hydrogen) atoms. The minimum Gasteiger partial charge on any atom is -0.484 e. The largest absolute Gasteiger partial charge is 0.484 e. The van der Waals surface area contributed by atoms with Crippen LogP contribution < -0.4 is 4.74 Å². The van der Waals surface area contributed by atoms with E-state index in [2.05, 4.69) is 10.2 Å². The highest BCUT2D eigenvalue weighted by Crippen LogP contribution is 2.28. The Morgan fingerprint density at radius 3 is 2.94 bits per heavy atom. The number of rotatable bonds is 4. The first-order valence-electron chi connectivity index (χ1n) is 5.33. The van der Waals surface area contributed by atoms with Gasteiger partial charge in [-0.1, -0.05) is 23.2 Å². The Balaban J connectivity index is 2.16. The Morgan fingerprint density at radius 2 is 2.22 bits per heavy atom. The van der Waals surface area contributed by atoms with Gasteiger partial charge in [-0.25, -0.2) is 0 Å². The van der Waals surface area contributed by atoms with Crippen LogP contribution in [0.2, 0.25) is 10.0 Å². The SMILES string of the molecule is CCn1c(COc2cc(Cl)ccc2Cl)n[nH]c1=S. The van der Waals surface area contributed by atoms with Gasteiger partial charge in [-0.05, 0) is 31.3 Å². The predicted octanol–water partition coefficient (Wildman–Crippen LogP) is 3.85. The fourth-order valence-electron chi connectivity index (χ4n) is 1.52. The van der Waals surface area contributed by atoms with E-state index in [0.717, 1.165) is 12.4 Å². The van der Waals surface area contributed by atoms with E-state index in [4.69, 9.17) is 40.2 Å².